The first-order valence-corrected chi connectivity index (χ1v) is 8.49. The van der Waals surface area contributed by atoms with Gasteiger partial charge < -0.3 is 20.3 Å². The fourth-order valence-corrected chi connectivity index (χ4v) is 2.26. The molecule has 0 spiro atoms. The van der Waals surface area contributed by atoms with Crippen molar-refractivity contribution in [3.8, 4) is 5.75 Å². The number of anilines is 1. The van der Waals surface area contributed by atoms with Crippen molar-refractivity contribution in [1.82, 2.24) is 4.90 Å². The van der Waals surface area contributed by atoms with Gasteiger partial charge in [0.15, 0.2) is 0 Å². The second kappa shape index (κ2) is 11.4. The molecule has 29 heavy (non-hydrogen) atoms. The van der Waals surface area contributed by atoms with E-state index in [1.165, 1.54) is 12.1 Å². The highest BCUT2D eigenvalue weighted by Gasteiger charge is 2.15. The van der Waals surface area contributed by atoms with Crippen molar-refractivity contribution in [2.75, 3.05) is 26.0 Å². The van der Waals surface area contributed by atoms with Gasteiger partial charge in [0.05, 0.1) is 13.7 Å². The second-order valence-electron chi connectivity index (χ2n) is 6.03. The maximum absolute atomic E-state index is 13.0. The Kier molecular flexibility index (Phi) is 9.27. The lowest BCUT2D eigenvalue weighted by molar-refractivity contribution is -0.159. The van der Waals surface area contributed by atoms with Crippen LogP contribution in [0.1, 0.15) is 18.5 Å². The summed E-state index contributed by atoms with van der Waals surface area (Å²) in [4.78, 5) is 32.3. The number of carboxylic acid groups (broad SMARTS) is 2. The summed E-state index contributed by atoms with van der Waals surface area (Å²) in [6.07, 6.45) is 0. The molecule has 9 heteroatoms. The molecule has 2 aromatic carbocycles. The van der Waals surface area contributed by atoms with E-state index in [0.717, 1.165) is 5.56 Å². The SMILES string of the molecule is COc1cccc(NC(=O)CN(C)C(C)c2ccc(F)cc2)c1.O=C(O)C(=O)O. The van der Waals surface area contributed by atoms with Crippen molar-refractivity contribution in [2.45, 2.75) is 13.0 Å². The van der Waals surface area contributed by atoms with Crippen molar-refractivity contribution in [3.05, 3.63) is 59.9 Å². The largest absolute Gasteiger partial charge is 0.497 e. The van der Waals surface area contributed by atoms with Gasteiger partial charge in [-0.25, -0.2) is 14.0 Å². The van der Waals surface area contributed by atoms with E-state index in [2.05, 4.69) is 5.32 Å². The van der Waals surface area contributed by atoms with E-state index >= 15 is 0 Å². The maximum Gasteiger partial charge on any atom is 0.414 e. The van der Waals surface area contributed by atoms with Crippen LogP contribution in [-0.2, 0) is 14.4 Å². The van der Waals surface area contributed by atoms with Gasteiger partial charge in [-0.05, 0) is 43.8 Å². The lowest BCUT2D eigenvalue weighted by Crippen LogP contribution is -2.32. The van der Waals surface area contributed by atoms with Crippen LogP contribution in [0.15, 0.2) is 48.5 Å². The van der Waals surface area contributed by atoms with Gasteiger partial charge in [-0.1, -0.05) is 18.2 Å². The van der Waals surface area contributed by atoms with Crippen LogP contribution >= 0.6 is 0 Å². The van der Waals surface area contributed by atoms with Gasteiger partial charge in [-0.15, -0.1) is 0 Å². The number of hydrogen-bond acceptors (Lipinski definition) is 5. The quantitative estimate of drug-likeness (QED) is 0.632. The standard InChI is InChI=1S/C18H21FN2O2.C2H2O4/c1-13(14-7-9-15(19)10-8-14)21(2)12-18(22)20-16-5-4-6-17(11-16)23-3;3-1(4)2(5)6/h4-11,13H,12H2,1-3H3,(H,20,22);(H,3,4)(H,5,6). The van der Waals surface area contributed by atoms with Crippen LogP contribution in [0.2, 0.25) is 0 Å². The highest BCUT2D eigenvalue weighted by Crippen LogP contribution is 2.20. The molecule has 0 aromatic heterocycles. The van der Waals surface area contributed by atoms with E-state index in [1.807, 2.05) is 37.1 Å². The third kappa shape index (κ3) is 8.39. The number of likely N-dealkylation sites (N-methyl/N-ethyl adjacent to an activating group) is 1. The van der Waals surface area contributed by atoms with Crippen molar-refractivity contribution in [3.63, 3.8) is 0 Å². The third-order valence-corrected chi connectivity index (χ3v) is 3.94. The van der Waals surface area contributed by atoms with Crippen LogP contribution in [0, 0.1) is 5.82 Å². The first-order chi connectivity index (χ1) is 13.6. The zero-order valence-corrected chi connectivity index (χ0v) is 16.3. The molecule has 1 unspecified atom stereocenters. The van der Waals surface area contributed by atoms with Crippen LogP contribution < -0.4 is 10.1 Å². The number of methoxy groups -OCH3 is 1. The summed E-state index contributed by atoms with van der Waals surface area (Å²) in [6, 6.07) is 13.5. The van der Waals surface area contributed by atoms with Crippen molar-refractivity contribution < 1.29 is 33.7 Å². The average molecular weight is 406 g/mol. The van der Waals surface area contributed by atoms with E-state index in [9.17, 15) is 9.18 Å². The molecule has 0 heterocycles. The Labute approximate surface area is 167 Å². The molecule has 156 valence electrons. The number of ether oxygens (including phenoxy) is 1. The van der Waals surface area contributed by atoms with Crippen LogP contribution in [0.5, 0.6) is 5.75 Å². The Balaban J connectivity index is 0.000000612. The van der Waals surface area contributed by atoms with Gasteiger partial charge in [0.2, 0.25) is 5.91 Å². The summed E-state index contributed by atoms with van der Waals surface area (Å²) in [7, 11) is 3.44. The number of benzene rings is 2. The molecule has 0 aliphatic rings. The normalized spacial score (nSPS) is 11.1. The zero-order valence-electron chi connectivity index (χ0n) is 16.3. The number of hydrogen-bond donors (Lipinski definition) is 3. The Morgan fingerprint density at radius 2 is 1.69 bits per heavy atom. The minimum atomic E-state index is -1.82. The smallest absolute Gasteiger partial charge is 0.414 e. The molecule has 0 fully saturated rings. The number of nitrogens with one attached hydrogen (secondary N) is 1. The molecule has 0 saturated carbocycles. The van der Waals surface area contributed by atoms with Crippen LogP contribution in [0.4, 0.5) is 10.1 Å². The average Bonchev–Trinajstić information content (AvgIpc) is 2.68. The minimum absolute atomic E-state index is 0.00617. The monoisotopic (exact) mass is 406 g/mol. The van der Waals surface area contributed by atoms with E-state index in [1.54, 1.807) is 25.3 Å². The highest BCUT2D eigenvalue weighted by atomic mass is 19.1. The van der Waals surface area contributed by atoms with Crippen molar-refractivity contribution in [2.24, 2.45) is 0 Å². The Morgan fingerprint density at radius 3 is 2.21 bits per heavy atom. The van der Waals surface area contributed by atoms with Crippen molar-refractivity contribution in [1.29, 1.82) is 0 Å². The van der Waals surface area contributed by atoms with Crippen LogP contribution in [-0.4, -0.2) is 53.7 Å². The van der Waals surface area contributed by atoms with Crippen LogP contribution in [0.25, 0.3) is 0 Å². The number of carbonyl (C=O) groups excluding carboxylic acids is 1. The summed E-state index contributed by atoms with van der Waals surface area (Å²) < 4.78 is 18.1. The topological polar surface area (TPSA) is 116 Å². The molecule has 0 aliphatic carbocycles. The highest BCUT2D eigenvalue weighted by molar-refractivity contribution is 6.27. The van der Waals surface area contributed by atoms with Gasteiger partial charge in [0, 0.05) is 17.8 Å². The summed E-state index contributed by atoms with van der Waals surface area (Å²) in [5, 5.41) is 17.6. The molecular formula is C20H23FN2O6. The molecule has 2 aromatic rings. The zero-order chi connectivity index (χ0) is 22.0. The van der Waals surface area contributed by atoms with Gasteiger partial charge in [-0.3, -0.25) is 9.69 Å². The van der Waals surface area contributed by atoms with Gasteiger partial charge in [-0.2, -0.15) is 0 Å². The minimum Gasteiger partial charge on any atom is -0.497 e. The van der Waals surface area contributed by atoms with Gasteiger partial charge >= 0.3 is 11.9 Å². The molecule has 3 N–H and O–H groups in total. The molecule has 0 aliphatic heterocycles. The predicted octanol–water partition coefficient (Wildman–Crippen LogP) is 2.62. The van der Waals surface area contributed by atoms with Crippen molar-refractivity contribution >= 4 is 23.5 Å². The van der Waals surface area contributed by atoms with E-state index in [0.29, 0.717) is 11.4 Å². The summed E-state index contributed by atoms with van der Waals surface area (Å²) in [5.74, 6) is -3.34. The number of carboxylic acids is 2. The van der Waals surface area contributed by atoms with E-state index < -0.39 is 11.9 Å². The molecule has 8 nitrogen and oxygen atoms in total. The Morgan fingerprint density at radius 1 is 1.10 bits per heavy atom. The number of amides is 1. The Hall–Kier alpha value is -3.46. The van der Waals surface area contributed by atoms with E-state index in [-0.39, 0.29) is 24.3 Å². The first kappa shape index (κ1) is 23.6. The summed E-state index contributed by atoms with van der Waals surface area (Å²) in [5.41, 5.74) is 1.65. The molecule has 0 bridgehead atoms. The molecule has 1 atom stereocenters. The second-order valence-corrected chi connectivity index (χ2v) is 6.03. The third-order valence-electron chi connectivity index (χ3n) is 3.94. The van der Waals surface area contributed by atoms with Gasteiger partial charge in [0.1, 0.15) is 11.6 Å². The molecular weight excluding hydrogens is 383 g/mol. The molecule has 0 saturated heterocycles. The molecule has 0 radical (unpaired) electrons. The fraction of sp³-hybridized carbons (Fsp3) is 0.250. The Bertz CT molecular complexity index is 829. The van der Waals surface area contributed by atoms with Crippen LogP contribution in [0.3, 0.4) is 0 Å². The number of halogens is 1. The predicted molar refractivity (Wildman–Crippen MR) is 104 cm³/mol. The molecule has 2 rings (SSSR count). The van der Waals surface area contributed by atoms with E-state index in [4.69, 9.17) is 24.5 Å². The summed E-state index contributed by atoms with van der Waals surface area (Å²) in [6.45, 7) is 2.21. The lowest BCUT2D eigenvalue weighted by atomic mass is 10.1. The lowest BCUT2D eigenvalue weighted by Gasteiger charge is -2.24. The summed E-state index contributed by atoms with van der Waals surface area (Å²) >= 11 is 0. The molecule has 1 amide bonds. The first-order valence-electron chi connectivity index (χ1n) is 8.49. The number of rotatable bonds is 6. The number of carbonyl (C=O) groups is 3. The number of aliphatic carboxylic acids is 2. The maximum atomic E-state index is 13.0. The number of nitrogens with zero attached hydrogens (tertiary/aromatic N) is 1. The fourth-order valence-electron chi connectivity index (χ4n) is 2.26. The van der Waals surface area contributed by atoms with Gasteiger partial charge in [0.25, 0.3) is 0 Å².